The van der Waals surface area contributed by atoms with E-state index in [1.54, 1.807) is 0 Å². The molecule has 0 fully saturated rings. The Hall–Kier alpha value is -9.24. The van der Waals surface area contributed by atoms with Gasteiger partial charge in [0.15, 0.2) is 5.58 Å². The fourth-order valence-corrected chi connectivity index (χ4v) is 13.8. The van der Waals surface area contributed by atoms with Gasteiger partial charge in [-0.25, -0.2) is 0 Å². The van der Waals surface area contributed by atoms with Crippen LogP contribution in [0.1, 0.15) is 47.2 Å². The fourth-order valence-electron chi connectivity index (χ4n) is 13.8. The summed E-state index contributed by atoms with van der Waals surface area (Å²) >= 11 is 0. The molecule has 0 bridgehead atoms. The molecule has 1 aromatic heterocycles. The lowest BCUT2D eigenvalue weighted by molar-refractivity contribution is 0.660. The Morgan fingerprint density at radius 1 is 0.297 bits per heavy atom. The van der Waals surface area contributed by atoms with Crippen LogP contribution >= 0.6 is 0 Å². The van der Waals surface area contributed by atoms with E-state index in [-0.39, 0.29) is 5.41 Å². The summed E-state index contributed by atoms with van der Waals surface area (Å²) in [6.07, 6.45) is 0. The normalized spacial score (nSPS) is 14.0. The summed E-state index contributed by atoms with van der Waals surface area (Å²) in [7, 11) is 0. The van der Waals surface area contributed by atoms with Crippen LogP contribution in [0.3, 0.4) is 0 Å². The number of furan rings is 1. The number of benzene rings is 12. The summed E-state index contributed by atoms with van der Waals surface area (Å²) in [5, 5.41) is 6.93. The monoisotopic (exact) mass is 941 g/mol. The number of fused-ring (bicyclic) bond motifs is 19. The quantitative estimate of drug-likeness (QED) is 0.171. The van der Waals surface area contributed by atoms with Crippen LogP contribution in [0.25, 0.3) is 99.1 Å². The van der Waals surface area contributed by atoms with E-state index in [0.29, 0.717) is 0 Å². The van der Waals surface area contributed by atoms with Gasteiger partial charge < -0.3 is 9.32 Å². The average Bonchev–Trinajstić information content (AvgIpc) is 4.21. The van der Waals surface area contributed by atoms with Crippen molar-refractivity contribution in [3.63, 3.8) is 0 Å². The standard InChI is InChI=1S/C72H47NO/c1-71(2)62-26-11-7-21-54(62)58-38-35-48(42-66(58)71)73(49-36-39-59-57-24-10-14-29-65(57)72(67(59)43-49)63-27-12-8-22-55(63)56-23-9-13-28-64(56)72)68-52(40-41-61-60-37-34-45-17-4-6-20-53(45)69(60)74-70(61)68)47-32-30-46(31-33-47)51-25-15-18-44-16-3-5-19-50(44)51/h3-43H,1-2H3. The molecule has 0 saturated heterocycles. The van der Waals surface area contributed by atoms with E-state index in [9.17, 15) is 0 Å². The summed E-state index contributed by atoms with van der Waals surface area (Å²) in [6.45, 7) is 4.76. The van der Waals surface area contributed by atoms with E-state index in [2.05, 4.69) is 267 Å². The summed E-state index contributed by atoms with van der Waals surface area (Å²) in [5.41, 5.74) is 24.4. The molecule has 13 aromatic rings. The van der Waals surface area contributed by atoms with E-state index in [0.717, 1.165) is 60.9 Å². The van der Waals surface area contributed by atoms with Crippen LogP contribution in [0.4, 0.5) is 17.1 Å². The van der Waals surface area contributed by atoms with Crippen LogP contribution in [0.2, 0.25) is 0 Å². The molecule has 0 radical (unpaired) electrons. The molecular weight excluding hydrogens is 895 g/mol. The van der Waals surface area contributed by atoms with Gasteiger partial charge in [-0.15, -0.1) is 0 Å². The molecule has 0 amide bonds. The van der Waals surface area contributed by atoms with Crippen LogP contribution in [-0.4, -0.2) is 0 Å². The minimum absolute atomic E-state index is 0.223. The Labute approximate surface area is 430 Å². The van der Waals surface area contributed by atoms with Gasteiger partial charge in [0.1, 0.15) is 5.58 Å². The fraction of sp³-hybridized carbons (Fsp3) is 0.0556. The Bertz CT molecular complexity index is 4460. The lowest BCUT2D eigenvalue weighted by Crippen LogP contribution is -2.26. The molecule has 16 rings (SSSR count). The molecule has 3 aliphatic rings. The molecule has 12 aromatic carbocycles. The highest BCUT2D eigenvalue weighted by Gasteiger charge is 2.52. The Morgan fingerprint density at radius 3 is 1.38 bits per heavy atom. The van der Waals surface area contributed by atoms with Crippen LogP contribution in [0, 0.1) is 0 Å². The van der Waals surface area contributed by atoms with Crippen molar-refractivity contribution in [2.45, 2.75) is 24.7 Å². The molecule has 3 aliphatic carbocycles. The van der Waals surface area contributed by atoms with Crippen molar-refractivity contribution in [1.29, 1.82) is 0 Å². The molecule has 0 saturated carbocycles. The van der Waals surface area contributed by atoms with Crippen LogP contribution in [0.5, 0.6) is 0 Å². The van der Waals surface area contributed by atoms with Crippen molar-refractivity contribution in [1.82, 2.24) is 0 Å². The maximum absolute atomic E-state index is 7.50. The summed E-state index contributed by atoms with van der Waals surface area (Å²) in [6, 6.07) is 92.9. The maximum atomic E-state index is 7.50. The van der Waals surface area contributed by atoms with Gasteiger partial charge in [-0.3, -0.25) is 0 Å². The minimum atomic E-state index is -0.521. The SMILES string of the molecule is CC1(C)c2ccccc2-c2ccc(N(c3ccc4c(c3)C3(c5ccccc5-c5ccccc53)c3ccccc3-4)c3c(-c4ccc(-c5cccc6ccccc56)cc4)ccc4c3oc3c5ccccc5ccc43)cc21. The average molecular weight is 942 g/mol. The first-order valence-electron chi connectivity index (χ1n) is 25.9. The van der Waals surface area contributed by atoms with Crippen LogP contribution in [0.15, 0.2) is 253 Å². The maximum Gasteiger partial charge on any atom is 0.160 e. The van der Waals surface area contributed by atoms with Crippen molar-refractivity contribution in [3.8, 4) is 55.6 Å². The van der Waals surface area contributed by atoms with Gasteiger partial charge in [0.2, 0.25) is 0 Å². The van der Waals surface area contributed by atoms with E-state index in [1.807, 2.05) is 0 Å². The third kappa shape index (κ3) is 5.49. The first-order chi connectivity index (χ1) is 36.5. The van der Waals surface area contributed by atoms with Gasteiger partial charge >= 0.3 is 0 Å². The number of nitrogens with zero attached hydrogens (tertiary/aromatic N) is 1. The highest BCUT2D eigenvalue weighted by molar-refractivity contribution is 6.19. The molecule has 0 aliphatic heterocycles. The summed E-state index contributed by atoms with van der Waals surface area (Å²) in [5.74, 6) is 0. The predicted molar refractivity (Wildman–Crippen MR) is 308 cm³/mol. The Morgan fingerprint density at radius 2 is 0.730 bits per heavy atom. The van der Waals surface area contributed by atoms with Gasteiger partial charge in [0, 0.05) is 38.5 Å². The largest absolute Gasteiger partial charge is 0.453 e. The van der Waals surface area contributed by atoms with Crippen molar-refractivity contribution in [3.05, 3.63) is 282 Å². The molecule has 2 heteroatoms. The number of rotatable bonds is 5. The third-order valence-corrected chi connectivity index (χ3v) is 17.1. The van der Waals surface area contributed by atoms with Crippen LogP contribution in [-0.2, 0) is 10.8 Å². The van der Waals surface area contributed by atoms with Gasteiger partial charge in [-0.1, -0.05) is 226 Å². The highest BCUT2D eigenvalue weighted by Crippen LogP contribution is 2.64. The first kappa shape index (κ1) is 41.4. The van der Waals surface area contributed by atoms with Crippen molar-refractivity contribution in [2.75, 3.05) is 4.90 Å². The van der Waals surface area contributed by atoms with E-state index >= 15 is 0 Å². The number of hydrogen-bond acceptors (Lipinski definition) is 2. The minimum Gasteiger partial charge on any atom is -0.453 e. The topological polar surface area (TPSA) is 16.4 Å². The van der Waals surface area contributed by atoms with Crippen molar-refractivity contribution < 1.29 is 4.42 Å². The molecular formula is C72H47NO. The molecule has 0 unspecified atom stereocenters. The molecule has 346 valence electrons. The smallest absolute Gasteiger partial charge is 0.160 e. The predicted octanol–water partition coefficient (Wildman–Crippen LogP) is 19.3. The second kappa shape index (κ2) is 15.1. The van der Waals surface area contributed by atoms with Crippen LogP contribution < -0.4 is 4.90 Å². The van der Waals surface area contributed by atoms with Gasteiger partial charge in [-0.2, -0.15) is 0 Å². The second-order valence-corrected chi connectivity index (χ2v) is 21.1. The zero-order valence-electron chi connectivity index (χ0n) is 41.0. The van der Waals surface area contributed by atoms with Crippen molar-refractivity contribution in [2.24, 2.45) is 0 Å². The molecule has 1 heterocycles. The number of anilines is 3. The van der Waals surface area contributed by atoms with E-state index < -0.39 is 5.41 Å². The lowest BCUT2D eigenvalue weighted by atomic mass is 9.70. The Kier molecular flexibility index (Phi) is 8.47. The second-order valence-electron chi connectivity index (χ2n) is 21.1. The zero-order valence-corrected chi connectivity index (χ0v) is 41.0. The summed E-state index contributed by atoms with van der Waals surface area (Å²) in [4.78, 5) is 2.53. The summed E-state index contributed by atoms with van der Waals surface area (Å²) < 4.78 is 7.50. The van der Waals surface area contributed by atoms with Gasteiger partial charge in [-0.05, 0) is 136 Å². The molecule has 74 heavy (non-hydrogen) atoms. The molecule has 1 spiro atoms. The van der Waals surface area contributed by atoms with Crippen molar-refractivity contribution >= 4 is 60.5 Å². The molecule has 0 N–H and O–H groups in total. The zero-order chi connectivity index (χ0) is 48.9. The van der Waals surface area contributed by atoms with E-state index in [1.165, 1.54) is 88.7 Å². The Balaban J connectivity index is 1.00. The van der Waals surface area contributed by atoms with E-state index in [4.69, 9.17) is 4.42 Å². The molecule has 0 atom stereocenters. The van der Waals surface area contributed by atoms with Gasteiger partial charge in [0.25, 0.3) is 0 Å². The molecule has 2 nitrogen and oxygen atoms in total. The number of hydrogen-bond donors (Lipinski definition) is 0. The third-order valence-electron chi connectivity index (χ3n) is 17.1. The van der Waals surface area contributed by atoms with Gasteiger partial charge in [0.05, 0.1) is 11.1 Å². The highest BCUT2D eigenvalue weighted by atomic mass is 16.3. The lowest BCUT2D eigenvalue weighted by Gasteiger charge is -2.33. The first-order valence-corrected chi connectivity index (χ1v) is 25.9.